The predicted octanol–water partition coefficient (Wildman–Crippen LogP) is 5.20. The van der Waals surface area contributed by atoms with Crippen molar-refractivity contribution in [2.75, 3.05) is 0 Å². The van der Waals surface area contributed by atoms with Gasteiger partial charge in [0.2, 0.25) is 0 Å². The minimum atomic E-state index is -0.588. The maximum atomic E-state index is 11.9. The van der Waals surface area contributed by atoms with Crippen LogP contribution in [-0.4, -0.2) is 11.1 Å². The second kappa shape index (κ2) is 6.41. The van der Waals surface area contributed by atoms with Gasteiger partial charge in [-0.1, -0.05) is 44.9 Å². The smallest absolute Gasteiger partial charge is 0.481 e. The molecule has 0 aromatic carbocycles. The van der Waals surface area contributed by atoms with Gasteiger partial charge in [-0.2, -0.15) is 0 Å². The van der Waals surface area contributed by atoms with Crippen LogP contribution in [0.25, 0.3) is 0 Å². The minimum absolute atomic E-state index is 0. The van der Waals surface area contributed by atoms with Gasteiger partial charge < -0.3 is 5.11 Å². The number of hydrogen-bond donors (Lipinski definition) is 1. The number of carboxylic acid groups (broad SMARTS) is 1. The molecule has 1 saturated carbocycles. The summed E-state index contributed by atoms with van der Waals surface area (Å²) in [4.78, 5) is 11.9. The Hall–Kier alpha value is -0.531. The van der Waals surface area contributed by atoms with Gasteiger partial charge in [0.25, 0.3) is 0 Å². The van der Waals surface area contributed by atoms with Crippen LogP contribution in [0.4, 0.5) is 0 Å². The molecule has 1 radical (unpaired) electrons. The molecule has 4 atom stereocenters. The first kappa shape index (κ1) is 18.8. The largest absolute Gasteiger partial charge is 3.00 e. The maximum Gasteiger partial charge on any atom is 3.00 e. The van der Waals surface area contributed by atoms with Crippen LogP contribution in [0, 0.1) is 28.6 Å². The topological polar surface area (TPSA) is 37.3 Å². The van der Waals surface area contributed by atoms with Crippen molar-refractivity contribution in [3.8, 4) is 0 Å². The van der Waals surface area contributed by atoms with Crippen molar-refractivity contribution >= 4 is 5.97 Å². The third kappa shape index (κ3) is 2.85. The molecule has 0 heterocycles. The standard InChI is InChI=1S/C20H30O2.Fe/c1-13(2)14-6-8-16-15(12-14)7-9-17-19(16,3)10-5-11-20(17,4)18(21)22;/h7,12-13,16-17H,5-6,8-11H2,1-4H3,(H,21,22);/q;+3/t16-,17+,19+,20+;/m0./s1. The van der Waals surface area contributed by atoms with Crippen molar-refractivity contribution in [2.24, 2.45) is 28.6 Å². The Balaban J connectivity index is 0.00000192. The zero-order chi connectivity index (χ0) is 16.1. The number of carboxylic acids is 1. The van der Waals surface area contributed by atoms with Crippen molar-refractivity contribution in [3.05, 3.63) is 23.3 Å². The fourth-order valence-corrected chi connectivity index (χ4v) is 5.60. The summed E-state index contributed by atoms with van der Waals surface area (Å²) in [5.41, 5.74) is 2.69. The molecular weight excluding hydrogens is 328 g/mol. The fourth-order valence-electron chi connectivity index (χ4n) is 5.60. The molecule has 3 rings (SSSR count). The third-order valence-corrected chi connectivity index (χ3v) is 7.07. The van der Waals surface area contributed by atoms with Gasteiger partial charge in [0, 0.05) is 0 Å². The molecule has 0 aromatic heterocycles. The van der Waals surface area contributed by atoms with Crippen molar-refractivity contribution in [1.29, 1.82) is 0 Å². The van der Waals surface area contributed by atoms with Crippen molar-refractivity contribution in [1.82, 2.24) is 0 Å². The van der Waals surface area contributed by atoms with Crippen LogP contribution >= 0.6 is 0 Å². The van der Waals surface area contributed by atoms with Crippen molar-refractivity contribution in [2.45, 2.75) is 66.2 Å². The molecule has 0 unspecified atom stereocenters. The number of rotatable bonds is 2. The van der Waals surface area contributed by atoms with E-state index in [-0.39, 0.29) is 28.4 Å². The van der Waals surface area contributed by atoms with Crippen molar-refractivity contribution < 1.29 is 27.0 Å². The Morgan fingerprint density at radius 3 is 2.61 bits per heavy atom. The van der Waals surface area contributed by atoms with E-state index in [1.807, 2.05) is 6.92 Å². The van der Waals surface area contributed by atoms with Crippen LogP contribution < -0.4 is 0 Å². The Morgan fingerprint density at radius 1 is 1.30 bits per heavy atom. The molecule has 0 spiro atoms. The first-order valence-corrected chi connectivity index (χ1v) is 8.93. The van der Waals surface area contributed by atoms with Crippen LogP contribution in [0.3, 0.4) is 0 Å². The van der Waals surface area contributed by atoms with E-state index in [4.69, 9.17) is 0 Å². The first-order valence-electron chi connectivity index (χ1n) is 8.93. The second-order valence-corrected chi connectivity index (χ2v) is 8.54. The molecule has 0 amide bonds. The van der Waals surface area contributed by atoms with Gasteiger partial charge in [-0.05, 0) is 67.8 Å². The molecule has 1 N–H and O–H groups in total. The van der Waals surface area contributed by atoms with E-state index in [2.05, 4.69) is 32.9 Å². The summed E-state index contributed by atoms with van der Waals surface area (Å²) in [6.45, 7) is 8.93. The molecule has 0 aromatic rings. The molecule has 0 aliphatic heterocycles. The average molecular weight is 358 g/mol. The Labute approximate surface area is 151 Å². The van der Waals surface area contributed by atoms with E-state index in [9.17, 15) is 9.90 Å². The summed E-state index contributed by atoms with van der Waals surface area (Å²) in [6, 6.07) is 0. The van der Waals surface area contributed by atoms with Gasteiger partial charge in [-0.3, -0.25) is 4.79 Å². The number of aliphatic carboxylic acids is 1. The van der Waals surface area contributed by atoms with E-state index in [1.165, 1.54) is 24.8 Å². The maximum absolute atomic E-state index is 11.9. The molecular formula is C20H30FeO2+3. The van der Waals surface area contributed by atoms with Crippen LogP contribution in [0.15, 0.2) is 23.3 Å². The summed E-state index contributed by atoms with van der Waals surface area (Å²) in [5.74, 6) is 0.888. The van der Waals surface area contributed by atoms with E-state index in [1.54, 1.807) is 5.57 Å². The molecule has 1 fully saturated rings. The summed E-state index contributed by atoms with van der Waals surface area (Å²) in [7, 11) is 0. The van der Waals surface area contributed by atoms with Crippen molar-refractivity contribution in [3.63, 3.8) is 0 Å². The Morgan fingerprint density at radius 2 is 2.00 bits per heavy atom. The summed E-state index contributed by atoms with van der Waals surface area (Å²) in [5, 5.41) is 9.83. The summed E-state index contributed by atoms with van der Waals surface area (Å²) < 4.78 is 0. The van der Waals surface area contributed by atoms with Gasteiger partial charge in [-0.25, -0.2) is 0 Å². The first-order chi connectivity index (χ1) is 10.3. The predicted molar refractivity (Wildman–Crippen MR) is 89.5 cm³/mol. The fraction of sp³-hybridized carbons (Fsp3) is 0.750. The molecule has 2 nitrogen and oxygen atoms in total. The van der Waals surface area contributed by atoms with Crippen LogP contribution in [-0.2, 0) is 21.9 Å². The van der Waals surface area contributed by atoms with Gasteiger partial charge >= 0.3 is 23.0 Å². The second-order valence-electron chi connectivity index (χ2n) is 8.54. The Kier molecular flexibility index (Phi) is 5.24. The average Bonchev–Trinajstić information content (AvgIpc) is 2.46. The van der Waals surface area contributed by atoms with E-state index < -0.39 is 11.4 Å². The quantitative estimate of drug-likeness (QED) is 0.689. The Bertz CT molecular complexity index is 548. The molecule has 23 heavy (non-hydrogen) atoms. The number of fused-ring (bicyclic) bond motifs is 3. The zero-order valence-electron chi connectivity index (χ0n) is 14.8. The number of hydrogen-bond acceptors (Lipinski definition) is 1. The van der Waals surface area contributed by atoms with Crippen LogP contribution in [0.2, 0.25) is 0 Å². The van der Waals surface area contributed by atoms with Gasteiger partial charge in [-0.15, -0.1) is 0 Å². The monoisotopic (exact) mass is 358 g/mol. The molecule has 3 aliphatic carbocycles. The summed E-state index contributed by atoms with van der Waals surface area (Å²) in [6.07, 6.45) is 11.2. The molecule has 127 valence electrons. The normalized spacial score (nSPS) is 39.5. The van der Waals surface area contributed by atoms with E-state index >= 15 is 0 Å². The molecule has 0 saturated heterocycles. The number of carbonyl (C=O) groups is 1. The van der Waals surface area contributed by atoms with Crippen LogP contribution in [0.5, 0.6) is 0 Å². The van der Waals surface area contributed by atoms with E-state index in [0.29, 0.717) is 11.8 Å². The molecule has 3 heteroatoms. The number of allylic oxidation sites excluding steroid dienone is 4. The van der Waals surface area contributed by atoms with Gasteiger partial charge in [0.05, 0.1) is 5.41 Å². The SMILES string of the molecule is CC(C)C1=CC2=CC[C@@H]3[C@](C)(CCC[C@@]3(C)C(=O)O)[C@H]2CC1.[Fe+3]. The van der Waals surface area contributed by atoms with Gasteiger partial charge in [0.1, 0.15) is 0 Å². The van der Waals surface area contributed by atoms with E-state index in [0.717, 1.165) is 19.3 Å². The summed E-state index contributed by atoms with van der Waals surface area (Å²) >= 11 is 0. The minimum Gasteiger partial charge on any atom is -0.481 e. The third-order valence-electron chi connectivity index (χ3n) is 7.07. The van der Waals surface area contributed by atoms with Gasteiger partial charge in [0.15, 0.2) is 0 Å². The van der Waals surface area contributed by atoms with Crippen LogP contribution in [0.1, 0.15) is 66.2 Å². The zero-order valence-corrected chi connectivity index (χ0v) is 15.9. The molecule has 3 aliphatic rings. The molecule has 0 bridgehead atoms.